The van der Waals surface area contributed by atoms with Crippen LogP contribution in [0.25, 0.3) is 21.9 Å². The smallest absolute Gasteiger partial charge is 0.191 e. The summed E-state index contributed by atoms with van der Waals surface area (Å²) in [5.41, 5.74) is 5.10. The molecule has 0 saturated heterocycles. The second kappa shape index (κ2) is 3.44. The molecule has 0 atom stereocenters. The Morgan fingerprint density at radius 1 is 0.941 bits per heavy atom. The van der Waals surface area contributed by atoms with Gasteiger partial charge >= 0.3 is 0 Å². The third-order valence-corrected chi connectivity index (χ3v) is 3.33. The summed E-state index contributed by atoms with van der Waals surface area (Å²) in [6.07, 6.45) is 1.79. The van der Waals surface area contributed by atoms with Gasteiger partial charge in [-0.05, 0) is 61.8 Å². The fraction of sp³-hybridized carbons (Fsp3) is 0.214. The number of hydrogen-bond donors (Lipinski definition) is 0. The van der Waals surface area contributed by atoms with Crippen LogP contribution in [0.5, 0.6) is 0 Å². The third kappa shape index (κ3) is 1.42. The van der Waals surface area contributed by atoms with Gasteiger partial charge in [-0.15, -0.1) is 0 Å². The summed E-state index contributed by atoms with van der Waals surface area (Å²) < 4.78 is 11.8. The highest BCUT2D eigenvalue weighted by Gasteiger charge is 2.13. The Labute approximate surface area is 104 Å². The van der Waals surface area contributed by atoms with Crippen LogP contribution in [0.1, 0.15) is 16.7 Å². The SMILES string of the molecule is Cc1coc2c1c(C)cc1oc(=S)cc(C)c12. The van der Waals surface area contributed by atoms with Crippen LogP contribution in [-0.4, -0.2) is 0 Å². The number of hydrogen-bond acceptors (Lipinski definition) is 3. The molecular formula is C14H12O2S. The molecule has 0 radical (unpaired) electrons. The van der Waals surface area contributed by atoms with E-state index in [1.165, 1.54) is 5.39 Å². The number of fused-ring (bicyclic) bond motifs is 3. The van der Waals surface area contributed by atoms with Gasteiger partial charge in [0.05, 0.1) is 11.6 Å². The molecule has 2 aromatic heterocycles. The van der Waals surface area contributed by atoms with E-state index in [0.29, 0.717) is 4.71 Å². The summed E-state index contributed by atoms with van der Waals surface area (Å²) in [6, 6.07) is 3.90. The van der Waals surface area contributed by atoms with Gasteiger partial charge < -0.3 is 8.83 Å². The van der Waals surface area contributed by atoms with Gasteiger partial charge in [0, 0.05) is 5.39 Å². The topological polar surface area (TPSA) is 26.3 Å². The van der Waals surface area contributed by atoms with Gasteiger partial charge in [0.15, 0.2) is 4.71 Å². The minimum absolute atomic E-state index is 0.511. The summed E-state index contributed by atoms with van der Waals surface area (Å²) in [5.74, 6) is 0. The molecular weight excluding hydrogens is 232 g/mol. The highest BCUT2D eigenvalue weighted by Crippen LogP contribution is 2.33. The second-order valence-electron chi connectivity index (χ2n) is 4.44. The van der Waals surface area contributed by atoms with Crippen LogP contribution < -0.4 is 0 Å². The molecule has 2 nitrogen and oxygen atoms in total. The van der Waals surface area contributed by atoms with Crippen molar-refractivity contribution in [3.8, 4) is 0 Å². The first kappa shape index (κ1) is 10.5. The number of aryl methyl sites for hydroxylation is 3. The first-order valence-electron chi connectivity index (χ1n) is 5.50. The van der Waals surface area contributed by atoms with E-state index in [1.807, 2.05) is 19.1 Å². The lowest BCUT2D eigenvalue weighted by molar-refractivity contribution is 0.582. The summed E-state index contributed by atoms with van der Waals surface area (Å²) in [5, 5.41) is 2.19. The molecule has 0 N–H and O–H groups in total. The molecule has 0 aliphatic rings. The third-order valence-electron chi connectivity index (χ3n) is 3.13. The van der Waals surface area contributed by atoms with Gasteiger partial charge in [-0.1, -0.05) is 0 Å². The Hall–Kier alpha value is -1.61. The van der Waals surface area contributed by atoms with Crippen LogP contribution in [0.3, 0.4) is 0 Å². The lowest BCUT2D eigenvalue weighted by atomic mass is 10.0. The van der Waals surface area contributed by atoms with Crippen LogP contribution in [-0.2, 0) is 0 Å². The molecule has 0 aliphatic heterocycles. The predicted molar refractivity (Wildman–Crippen MR) is 71.0 cm³/mol. The molecule has 0 unspecified atom stereocenters. The molecule has 0 saturated carbocycles. The van der Waals surface area contributed by atoms with Crippen molar-refractivity contribution < 1.29 is 8.83 Å². The average molecular weight is 244 g/mol. The first-order valence-corrected chi connectivity index (χ1v) is 5.90. The van der Waals surface area contributed by atoms with Crippen LogP contribution in [0.4, 0.5) is 0 Å². The molecule has 0 amide bonds. The van der Waals surface area contributed by atoms with Crippen molar-refractivity contribution in [2.24, 2.45) is 0 Å². The van der Waals surface area contributed by atoms with Crippen molar-refractivity contribution >= 4 is 34.2 Å². The summed E-state index contributed by atoms with van der Waals surface area (Å²) >= 11 is 5.10. The summed E-state index contributed by atoms with van der Waals surface area (Å²) in [7, 11) is 0. The highest BCUT2D eigenvalue weighted by molar-refractivity contribution is 7.71. The van der Waals surface area contributed by atoms with E-state index in [0.717, 1.165) is 33.2 Å². The minimum Gasteiger partial charge on any atom is -0.463 e. The molecule has 3 rings (SSSR count). The maximum atomic E-state index is 5.67. The van der Waals surface area contributed by atoms with Gasteiger partial charge in [-0.2, -0.15) is 0 Å². The van der Waals surface area contributed by atoms with Crippen LogP contribution >= 0.6 is 12.2 Å². The van der Waals surface area contributed by atoms with Gasteiger partial charge in [-0.3, -0.25) is 0 Å². The quantitative estimate of drug-likeness (QED) is 0.529. The van der Waals surface area contributed by atoms with E-state index in [2.05, 4.69) is 13.8 Å². The van der Waals surface area contributed by atoms with Crippen molar-refractivity contribution in [3.63, 3.8) is 0 Å². The number of furan rings is 1. The summed E-state index contributed by atoms with van der Waals surface area (Å²) in [6.45, 7) is 6.14. The molecule has 3 heteroatoms. The molecule has 17 heavy (non-hydrogen) atoms. The van der Waals surface area contributed by atoms with Crippen molar-refractivity contribution in [1.82, 2.24) is 0 Å². The van der Waals surface area contributed by atoms with E-state index < -0.39 is 0 Å². The Morgan fingerprint density at radius 3 is 2.41 bits per heavy atom. The minimum atomic E-state index is 0.511. The van der Waals surface area contributed by atoms with Gasteiger partial charge in [0.25, 0.3) is 0 Å². The van der Waals surface area contributed by atoms with Crippen molar-refractivity contribution in [2.75, 3.05) is 0 Å². The first-order chi connectivity index (χ1) is 8.08. The molecule has 3 aromatic rings. The molecule has 0 fully saturated rings. The van der Waals surface area contributed by atoms with Gasteiger partial charge in [-0.25, -0.2) is 0 Å². The molecule has 86 valence electrons. The largest absolute Gasteiger partial charge is 0.463 e. The standard InChI is InChI=1S/C14H12O2S/c1-7-4-10-13(8(2)5-11(17)16-10)14-12(7)9(3)6-15-14/h4-6H,1-3H3. The van der Waals surface area contributed by atoms with Crippen LogP contribution in [0, 0.1) is 25.5 Å². The van der Waals surface area contributed by atoms with E-state index in [1.54, 1.807) is 6.26 Å². The normalized spacial score (nSPS) is 11.5. The Balaban J connectivity index is 2.69. The summed E-state index contributed by atoms with van der Waals surface area (Å²) in [4.78, 5) is 0. The Kier molecular flexibility index (Phi) is 2.13. The monoisotopic (exact) mass is 244 g/mol. The van der Waals surface area contributed by atoms with Crippen molar-refractivity contribution in [2.45, 2.75) is 20.8 Å². The molecule has 0 aliphatic carbocycles. The molecule has 1 aromatic carbocycles. The zero-order valence-electron chi connectivity index (χ0n) is 9.96. The van der Waals surface area contributed by atoms with E-state index >= 15 is 0 Å². The maximum Gasteiger partial charge on any atom is 0.191 e. The zero-order valence-corrected chi connectivity index (χ0v) is 10.8. The van der Waals surface area contributed by atoms with Crippen molar-refractivity contribution in [1.29, 1.82) is 0 Å². The number of rotatable bonds is 0. The van der Waals surface area contributed by atoms with Crippen LogP contribution in [0.15, 0.2) is 27.2 Å². The van der Waals surface area contributed by atoms with Crippen LogP contribution in [0.2, 0.25) is 0 Å². The Morgan fingerprint density at radius 2 is 1.65 bits per heavy atom. The fourth-order valence-corrected chi connectivity index (χ4v) is 2.68. The number of benzene rings is 1. The lowest BCUT2D eigenvalue weighted by Crippen LogP contribution is -1.84. The van der Waals surface area contributed by atoms with Crippen molar-refractivity contribution in [3.05, 3.63) is 39.8 Å². The maximum absolute atomic E-state index is 5.67. The van der Waals surface area contributed by atoms with Gasteiger partial charge in [0.1, 0.15) is 11.2 Å². The molecule has 2 heterocycles. The predicted octanol–water partition coefficient (Wildman–Crippen LogP) is 4.83. The second-order valence-corrected chi connectivity index (χ2v) is 4.84. The fourth-order valence-electron chi connectivity index (χ4n) is 2.41. The van der Waals surface area contributed by atoms with E-state index in [-0.39, 0.29) is 0 Å². The average Bonchev–Trinajstić information content (AvgIpc) is 2.59. The Bertz CT molecular complexity index is 793. The highest BCUT2D eigenvalue weighted by atomic mass is 32.1. The lowest BCUT2D eigenvalue weighted by Gasteiger charge is -2.04. The molecule has 0 spiro atoms. The zero-order chi connectivity index (χ0) is 12.2. The van der Waals surface area contributed by atoms with E-state index in [4.69, 9.17) is 21.1 Å². The van der Waals surface area contributed by atoms with E-state index in [9.17, 15) is 0 Å². The molecule has 0 bridgehead atoms. The van der Waals surface area contributed by atoms with Gasteiger partial charge in [0.2, 0.25) is 0 Å².